The van der Waals surface area contributed by atoms with Crippen molar-refractivity contribution in [1.29, 1.82) is 0 Å². The van der Waals surface area contributed by atoms with Crippen LogP contribution >= 0.6 is 34.8 Å². The molecule has 1 aromatic carbocycles. The Morgan fingerprint density at radius 1 is 1.06 bits per heavy atom. The molecular formula is C12H6Cl3NO2. The summed E-state index contributed by atoms with van der Waals surface area (Å²) >= 11 is 17.8. The molecule has 0 aliphatic heterocycles. The predicted molar refractivity (Wildman–Crippen MR) is 71.7 cm³/mol. The summed E-state index contributed by atoms with van der Waals surface area (Å²) in [4.78, 5) is 14.9. The van der Waals surface area contributed by atoms with Crippen LogP contribution in [0.2, 0.25) is 15.2 Å². The largest absolute Gasteiger partial charge is 0.476 e. The van der Waals surface area contributed by atoms with Crippen LogP contribution < -0.4 is 0 Å². The summed E-state index contributed by atoms with van der Waals surface area (Å²) in [5.41, 5.74) is 0.586. The Bertz CT molecular complexity index is 608. The molecule has 3 nitrogen and oxygen atoms in total. The van der Waals surface area contributed by atoms with Crippen molar-refractivity contribution in [3.63, 3.8) is 0 Å². The van der Waals surface area contributed by atoms with Crippen molar-refractivity contribution in [3.05, 3.63) is 51.2 Å². The summed E-state index contributed by atoms with van der Waals surface area (Å²) < 4.78 is 0. The van der Waals surface area contributed by atoms with E-state index in [1.807, 2.05) is 0 Å². The maximum Gasteiger partial charge on any atom is 0.355 e. The number of carboxylic acids is 1. The second-order valence-electron chi connectivity index (χ2n) is 3.43. The molecule has 92 valence electrons. The maximum absolute atomic E-state index is 11.2. The Hall–Kier alpha value is -1.29. The highest BCUT2D eigenvalue weighted by Crippen LogP contribution is 2.36. The molecule has 2 rings (SSSR count). The minimum absolute atomic E-state index is 0.0966. The quantitative estimate of drug-likeness (QED) is 0.836. The Balaban J connectivity index is 2.75. The van der Waals surface area contributed by atoms with Gasteiger partial charge in [-0.2, -0.15) is 0 Å². The smallest absolute Gasteiger partial charge is 0.355 e. The molecule has 1 heterocycles. The third-order valence-electron chi connectivity index (χ3n) is 2.30. The van der Waals surface area contributed by atoms with Crippen LogP contribution in [-0.2, 0) is 0 Å². The number of benzene rings is 1. The molecule has 18 heavy (non-hydrogen) atoms. The number of hydrogen-bond donors (Lipinski definition) is 1. The van der Waals surface area contributed by atoms with Crippen molar-refractivity contribution in [2.75, 3.05) is 0 Å². The van der Waals surface area contributed by atoms with E-state index in [4.69, 9.17) is 39.9 Å². The zero-order valence-electron chi connectivity index (χ0n) is 8.82. The van der Waals surface area contributed by atoms with Gasteiger partial charge < -0.3 is 5.11 Å². The number of nitrogens with zero attached hydrogens (tertiary/aromatic N) is 1. The number of rotatable bonds is 2. The summed E-state index contributed by atoms with van der Waals surface area (Å²) in [5, 5.41) is 9.93. The SMILES string of the molecule is O=C(O)c1nc(Cl)ccc1-c1c(Cl)cccc1Cl. The van der Waals surface area contributed by atoms with Gasteiger partial charge in [0.25, 0.3) is 0 Å². The third-order valence-corrected chi connectivity index (χ3v) is 3.14. The van der Waals surface area contributed by atoms with Crippen LogP contribution in [-0.4, -0.2) is 16.1 Å². The molecule has 0 amide bonds. The third kappa shape index (κ3) is 2.43. The first-order valence-electron chi connectivity index (χ1n) is 4.85. The van der Waals surface area contributed by atoms with Gasteiger partial charge in [0.2, 0.25) is 0 Å². The minimum Gasteiger partial charge on any atom is -0.476 e. The van der Waals surface area contributed by atoms with E-state index in [0.29, 0.717) is 21.2 Å². The van der Waals surface area contributed by atoms with Gasteiger partial charge >= 0.3 is 5.97 Å². The van der Waals surface area contributed by atoms with Crippen LogP contribution in [0.25, 0.3) is 11.1 Å². The number of carbonyl (C=O) groups is 1. The summed E-state index contributed by atoms with van der Waals surface area (Å²) in [7, 11) is 0. The van der Waals surface area contributed by atoms with Gasteiger partial charge in [-0.1, -0.05) is 40.9 Å². The molecule has 1 aromatic heterocycles. The van der Waals surface area contributed by atoms with E-state index in [2.05, 4.69) is 4.98 Å². The number of pyridine rings is 1. The van der Waals surface area contributed by atoms with Crippen LogP contribution in [0.4, 0.5) is 0 Å². The highest BCUT2D eigenvalue weighted by Gasteiger charge is 2.18. The highest BCUT2D eigenvalue weighted by atomic mass is 35.5. The highest BCUT2D eigenvalue weighted by molar-refractivity contribution is 6.39. The standard InChI is InChI=1S/C12H6Cl3NO2/c13-7-2-1-3-8(14)10(7)6-4-5-9(15)16-11(6)12(17)18/h1-5H,(H,17,18). The molecule has 0 saturated heterocycles. The molecule has 0 unspecified atom stereocenters. The van der Waals surface area contributed by atoms with Gasteiger partial charge in [0.05, 0.1) is 0 Å². The van der Waals surface area contributed by atoms with Crippen molar-refractivity contribution in [2.45, 2.75) is 0 Å². The average molecular weight is 303 g/mol. The van der Waals surface area contributed by atoms with Gasteiger partial charge in [-0.25, -0.2) is 9.78 Å². The van der Waals surface area contributed by atoms with Gasteiger partial charge in [-0.3, -0.25) is 0 Å². The molecule has 0 saturated carbocycles. The first kappa shape index (κ1) is 13.1. The van der Waals surface area contributed by atoms with Gasteiger partial charge in [0, 0.05) is 21.2 Å². The number of aromatic nitrogens is 1. The molecule has 0 aliphatic carbocycles. The molecule has 0 fully saturated rings. The van der Waals surface area contributed by atoms with Crippen molar-refractivity contribution >= 4 is 40.8 Å². The fourth-order valence-corrected chi connectivity index (χ4v) is 2.30. The van der Waals surface area contributed by atoms with E-state index in [1.165, 1.54) is 12.1 Å². The minimum atomic E-state index is -1.19. The monoisotopic (exact) mass is 301 g/mol. The lowest BCUT2D eigenvalue weighted by atomic mass is 10.0. The van der Waals surface area contributed by atoms with Gasteiger partial charge in [-0.05, 0) is 24.3 Å². The lowest BCUT2D eigenvalue weighted by molar-refractivity contribution is 0.0691. The lowest BCUT2D eigenvalue weighted by Crippen LogP contribution is -2.03. The molecule has 2 aromatic rings. The molecule has 0 spiro atoms. The van der Waals surface area contributed by atoms with Gasteiger partial charge in [0.1, 0.15) is 5.15 Å². The van der Waals surface area contributed by atoms with E-state index in [9.17, 15) is 4.79 Å². The molecule has 0 aliphatic rings. The van der Waals surface area contributed by atoms with Crippen LogP contribution in [0.15, 0.2) is 30.3 Å². The topological polar surface area (TPSA) is 50.2 Å². The molecule has 0 atom stereocenters. The first-order valence-corrected chi connectivity index (χ1v) is 5.98. The van der Waals surface area contributed by atoms with E-state index < -0.39 is 5.97 Å². The Morgan fingerprint density at radius 3 is 2.22 bits per heavy atom. The van der Waals surface area contributed by atoms with E-state index in [-0.39, 0.29) is 10.8 Å². The normalized spacial score (nSPS) is 10.4. The van der Waals surface area contributed by atoms with Crippen LogP contribution in [0.3, 0.4) is 0 Å². The zero-order chi connectivity index (χ0) is 13.3. The van der Waals surface area contributed by atoms with E-state index in [0.717, 1.165) is 0 Å². The Morgan fingerprint density at radius 2 is 1.67 bits per heavy atom. The number of carboxylic acid groups (broad SMARTS) is 1. The molecular weight excluding hydrogens is 296 g/mol. The number of aromatic carboxylic acids is 1. The lowest BCUT2D eigenvalue weighted by Gasteiger charge is -2.09. The summed E-state index contributed by atoms with van der Waals surface area (Å²) in [6, 6.07) is 7.96. The summed E-state index contributed by atoms with van der Waals surface area (Å²) in [6.07, 6.45) is 0. The zero-order valence-corrected chi connectivity index (χ0v) is 11.1. The second-order valence-corrected chi connectivity index (χ2v) is 4.63. The van der Waals surface area contributed by atoms with E-state index >= 15 is 0 Å². The van der Waals surface area contributed by atoms with E-state index in [1.54, 1.807) is 18.2 Å². The summed E-state index contributed by atoms with van der Waals surface area (Å²) in [5.74, 6) is -1.19. The molecule has 0 bridgehead atoms. The van der Waals surface area contributed by atoms with Crippen molar-refractivity contribution in [2.24, 2.45) is 0 Å². The van der Waals surface area contributed by atoms with Gasteiger partial charge in [0.15, 0.2) is 5.69 Å². The number of halogens is 3. The number of hydrogen-bond acceptors (Lipinski definition) is 2. The second kappa shape index (κ2) is 5.14. The van der Waals surface area contributed by atoms with Crippen LogP contribution in [0.5, 0.6) is 0 Å². The Labute approximate surface area is 118 Å². The van der Waals surface area contributed by atoms with Crippen LogP contribution in [0.1, 0.15) is 10.5 Å². The maximum atomic E-state index is 11.2. The predicted octanol–water partition coefficient (Wildman–Crippen LogP) is 4.41. The van der Waals surface area contributed by atoms with Crippen molar-refractivity contribution < 1.29 is 9.90 Å². The Kier molecular flexibility index (Phi) is 3.76. The molecule has 0 radical (unpaired) electrons. The molecule has 1 N–H and O–H groups in total. The van der Waals surface area contributed by atoms with Gasteiger partial charge in [-0.15, -0.1) is 0 Å². The fraction of sp³-hybridized carbons (Fsp3) is 0. The summed E-state index contributed by atoms with van der Waals surface area (Å²) in [6.45, 7) is 0. The molecule has 6 heteroatoms. The van der Waals surface area contributed by atoms with Crippen LogP contribution in [0, 0.1) is 0 Å². The van der Waals surface area contributed by atoms with Crippen molar-refractivity contribution in [1.82, 2.24) is 4.98 Å². The first-order chi connectivity index (χ1) is 8.50. The van der Waals surface area contributed by atoms with Crippen molar-refractivity contribution in [3.8, 4) is 11.1 Å². The fourth-order valence-electron chi connectivity index (χ4n) is 1.56. The average Bonchev–Trinajstić information content (AvgIpc) is 2.30.